The molecule has 0 spiro atoms. The van der Waals surface area contributed by atoms with E-state index < -0.39 is 5.91 Å². The molecule has 1 amide bonds. The molecule has 1 aromatic rings. The van der Waals surface area contributed by atoms with Gasteiger partial charge in [0.15, 0.2) is 12.8 Å². The number of hydrogen-bond donors (Lipinski definition) is 1. The molecule has 0 unspecified atom stereocenters. The number of nitrogens with zero attached hydrogens (tertiary/aromatic N) is 1. The molecule has 0 aliphatic rings. The maximum Gasteiger partial charge on any atom is 0.270 e. The van der Waals surface area contributed by atoms with E-state index in [1.54, 1.807) is 6.19 Å². The Labute approximate surface area is 94.8 Å². The first kappa shape index (κ1) is 12.1. The number of hydrogen-bond acceptors (Lipinski definition) is 3. The van der Waals surface area contributed by atoms with Crippen molar-refractivity contribution >= 4 is 5.91 Å². The number of carbonyl (C=O) groups excluding carboxylic acids is 1. The molecule has 1 aromatic carbocycles. The molecule has 0 saturated carbocycles. The van der Waals surface area contributed by atoms with Crippen LogP contribution in [0.15, 0.2) is 12.1 Å². The molecule has 4 heteroatoms. The Morgan fingerprint density at radius 3 is 2.44 bits per heavy atom. The summed E-state index contributed by atoms with van der Waals surface area (Å²) in [4.78, 5) is 11.0. The minimum atomic E-state index is -0.443. The molecular weight excluding hydrogens is 204 g/mol. The van der Waals surface area contributed by atoms with Crippen LogP contribution in [0.4, 0.5) is 0 Å². The van der Waals surface area contributed by atoms with Gasteiger partial charge in [0.1, 0.15) is 5.75 Å². The Bertz CT molecular complexity index is 424. The fraction of sp³-hybridized carbons (Fsp3) is 0.333. The lowest BCUT2D eigenvalue weighted by Crippen LogP contribution is -2.24. The third-order valence-electron chi connectivity index (χ3n) is 2.15. The quantitative estimate of drug-likeness (QED) is 0.619. The van der Waals surface area contributed by atoms with Gasteiger partial charge in [0.25, 0.3) is 5.91 Å². The number of nitriles is 1. The molecule has 4 nitrogen and oxygen atoms in total. The first-order valence-corrected chi connectivity index (χ1v) is 4.93. The Morgan fingerprint density at radius 1 is 1.38 bits per heavy atom. The maximum absolute atomic E-state index is 11.0. The van der Waals surface area contributed by atoms with E-state index in [0.29, 0.717) is 5.75 Å². The fourth-order valence-electron chi connectivity index (χ4n) is 1.63. The molecule has 1 N–H and O–H groups in total. The summed E-state index contributed by atoms with van der Waals surface area (Å²) in [5.41, 5.74) is 3.13. The van der Waals surface area contributed by atoms with Gasteiger partial charge in [-0.2, -0.15) is 5.26 Å². The van der Waals surface area contributed by atoms with Crippen molar-refractivity contribution < 1.29 is 9.53 Å². The van der Waals surface area contributed by atoms with Crippen LogP contribution in [-0.2, 0) is 4.79 Å². The van der Waals surface area contributed by atoms with Crippen LogP contribution >= 0.6 is 0 Å². The lowest BCUT2D eigenvalue weighted by atomic mass is 10.1. The van der Waals surface area contributed by atoms with Crippen LogP contribution in [0.3, 0.4) is 0 Å². The summed E-state index contributed by atoms with van der Waals surface area (Å²) in [5.74, 6) is 0.264. The maximum atomic E-state index is 11.0. The predicted molar refractivity (Wildman–Crippen MR) is 59.9 cm³/mol. The highest BCUT2D eigenvalue weighted by atomic mass is 16.5. The molecule has 0 saturated heterocycles. The summed E-state index contributed by atoms with van der Waals surface area (Å²) in [7, 11) is 0. The van der Waals surface area contributed by atoms with Crippen molar-refractivity contribution in [3.63, 3.8) is 0 Å². The summed E-state index contributed by atoms with van der Waals surface area (Å²) in [6, 6.07) is 3.98. The average molecular weight is 218 g/mol. The molecule has 0 aliphatic heterocycles. The van der Waals surface area contributed by atoms with Crippen LogP contribution in [0.1, 0.15) is 16.7 Å². The molecule has 0 radical (unpaired) electrons. The number of benzene rings is 1. The number of nitrogens with one attached hydrogen (secondary N) is 1. The summed E-state index contributed by atoms with van der Waals surface area (Å²) < 4.78 is 5.37. The van der Waals surface area contributed by atoms with Crippen molar-refractivity contribution in [1.82, 2.24) is 5.32 Å². The summed E-state index contributed by atoms with van der Waals surface area (Å²) in [5, 5.41) is 10.2. The average Bonchev–Trinajstić information content (AvgIpc) is 2.16. The summed E-state index contributed by atoms with van der Waals surface area (Å²) >= 11 is 0. The highest BCUT2D eigenvalue weighted by Gasteiger charge is 2.07. The standard InChI is InChI=1S/C12H14N2O2/c1-8-4-9(2)12(10(3)5-8)16-6-11(15)14-7-13/h4-5H,6H2,1-3H3,(H,14,15). The third-order valence-corrected chi connectivity index (χ3v) is 2.15. The van der Waals surface area contributed by atoms with Crippen LogP contribution in [-0.4, -0.2) is 12.5 Å². The van der Waals surface area contributed by atoms with Crippen LogP contribution < -0.4 is 10.1 Å². The van der Waals surface area contributed by atoms with E-state index in [1.807, 2.05) is 38.2 Å². The zero-order valence-corrected chi connectivity index (χ0v) is 9.63. The molecule has 0 bridgehead atoms. The van der Waals surface area contributed by atoms with Gasteiger partial charge in [0, 0.05) is 0 Å². The Morgan fingerprint density at radius 2 is 1.94 bits per heavy atom. The smallest absolute Gasteiger partial charge is 0.270 e. The van der Waals surface area contributed by atoms with Gasteiger partial charge in [0.2, 0.25) is 0 Å². The van der Waals surface area contributed by atoms with Crippen LogP contribution in [0.25, 0.3) is 0 Å². The molecule has 0 atom stereocenters. The molecular formula is C12H14N2O2. The Hall–Kier alpha value is -2.02. The minimum Gasteiger partial charge on any atom is -0.483 e. The van der Waals surface area contributed by atoms with Gasteiger partial charge in [-0.25, -0.2) is 0 Å². The predicted octanol–water partition coefficient (Wildman–Crippen LogP) is 1.59. The Balaban J connectivity index is 2.75. The molecule has 84 valence electrons. The molecule has 0 aliphatic carbocycles. The van der Waals surface area contributed by atoms with E-state index in [2.05, 4.69) is 0 Å². The number of rotatable bonds is 3. The number of aryl methyl sites for hydroxylation is 3. The normalized spacial score (nSPS) is 9.38. The SMILES string of the molecule is Cc1cc(C)c(OCC(=O)NC#N)c(C)c1. The van der Waals surface area contributed by atoms with Crippen molar-refractivity contribution in [3.05, 3.63) is 28.8 Å². The summed E-state index contributed by atoms with van der Waals surface area (Å²) in [6.45, 7) is 5.72. The van der Waals surface area contributed by atoms with Crippen LogP contribution in [0.2, 0.25) is 0 Å². The van der Waals surface area contributed by atoms with Crippen molar-refractivity contribution in [2.24, 2.45) is 0 Å². The highest BCUT2D eigenvalue weighted by Crippen LogP contribution is 2.24. The van der Waals surface area contributed by atoms with Crippen molar-refractivity contribution in [3.8, 4) is 11.9 Å². The second-order valence-corrected chi connectivity index (χ2v) is 3.68. The van der Waals surface area contributed by atoms with E-state index >= 15 is 0 Å². The number of ether oxygens (including phenoxy) is 1. The fourth-order valence-corrected chi connectivity index (χ4v) is 1.63. The minimum absolute atomic E-state index is 0.141. The number of carbonyl (C=O) groups is 1. The van der Waals surface area contributed by atoms with E-state index in [9.17, 15) is 4.79 Å². The molecule has 16 heavy (non-hydrogen) atoms. The van der Waals surface area contributed by atoms with Gasteiger partial charge in [-0.15, -0.1) is 0 Å². The second kappa shape index (κ2) is 5.17. The molecule has 0 fully saturated rings. The number of amides is 1. The lowest BCUT2D eigenvalue weighted by Gasteiger charge is -2.11. The van der Waals surface area contributed by atoms with Gasteiger partial charge in [-0.05, 0) is 31.9 Å². The van der Waals surface area contributed by atoms with E-state index in [1.165, 1.54) is 0 Å². The second-order valence-electron chi connectivity index (χ2n) is 3.68. The molecule has 0 aromatic heterocycles. The van der Waals surface area contributed by atoms with E-state index in [4.69, 9.17) is 10.00 Å². The zero-order valence-electron chi connectivity index (χ0n) is 9.63. The van der Waals surface area contributed by atoms with Gasteiger partial charge < -0.3 is 4.74 Å². The topological polar surface area (TPSA) is 62.1 Å². The van der Waals surface area contributed by atoms with E-state index in [0.717, 1.165) is 16.7 Å². The van der Waals surface area contributed by atoms with E-state index in [-0.39, 0.29) is 6.61 Å². The van der Waals surface area contributed by atoms with Gasteiger partial charge in [-0.1, -0.05) is 17.7 Å². The molecule has 0 heterocycles. The lowest BCUT2D eigenvalue weighted by molar-refractivity contribution is -0.121. The van der Waals surface area contributed by atoms with Gasteiger partial charge in [-0.3, -0.25) is 10.1 Å². The third kappa shape index (κ3) is 2.99. The Kier molecular flexibility index (Phi) is 3.90. The monoisotopic (exact) mass is 218 g/mol. The zero-order chi connectivity index (χ0) is 12.1. The van der Waals surface area contributed by atoms with Gasteiger partial charge >= 0.3 is 0 Å². The largest absolute Gasteiger partial charge is 0.483 e. The van der Waals surface area contributed by atoms with Crippen LogP contribution in [0.5, 0.6) is 5.75 Å². The van der Waals surface area contributed by atoms with Gasteiger partial charge in [0.05, 0.1) is 0 Å². The van der Waals surface area contributed by atoms with Crippen molar-refractivity contribution in [2.45, 2.75) is 20.8 Å². The van der Waals surface area contributed by atoms with Crippen molar-refractivity contribution in [1.29, 1.82) is 5.26 Å². The highest BCUT2D eigenvalue weighted by molar-refractivity contribution is 5.78. The van der Waals surface area contributed by atoms with Crippen molar-refractivity contribution in [2.75, 3.05) is 6.61 Å². The summed E-state index contributed by atoms with van der Waals surface area (Å²) in [6.07, 6.45) is 1.56. The van der Waals surface area contributed by atoms with Crippen LogP contribution in [0, 0.1) is 32.2 Å². The molecule has 1 rings (SSSR count). The first-order valence-electron chi connectivity index (χ1n) is 4.93. The first-order chi connectivity index (χ1) is 7.54.